The maximum atomic E-state index is 12.4. The van der Waals surface area contributed by atoms with Gasteiger partial charge in [-0.2, -0.15) is 0 Å². The zero-order chi connectivity index (χ0) is 14.1. The lowest BCUT2D eigenvalue weighted by Crippen LogP contribution is -2.40. The molecule has 2 aromatic heterocycles. The summed E-state index contributed by atoms with van der Waals surface area (Å²) >= 11 is 0. The van der Waals surface area contributed by atoms with Crippen LogP contribution in [-0.2, 0) is 4.74 Å². The highest BCUT2D eigenvalue weighted by atomic mass is 16.5. The van der Waals surface area contributed by atoms with Crippen LogP contribution in [-0.4, -0.2) is 60.6 Å². The molecule has 1 fully saturated rings. The molecule has 0 N–H and O–H groups in total. The molecular weight excluding hydrogens is 256 g/mol. The van der Waals surface area contributed by atoms with Gasteiger partial charge in [0.1, 0.15) is 11.3 Å². The molecule has 1 aliphatic heterocycles. The Kier molecular flexibility index (Phi) is 3.31. The third-order valence-electron chi connectivity index (χ3n) is 3.47. The maximum Gasteiger partial charge on any atom is 0.274 e. The minimum absolute atomic E-state index is 0.0246. The number of ether oxygens (including phenoxy) is 1. The molecular formula is C14H18N4O2. The van der Waals surface area contributed by atoms with E-state index in [2.05, 4.69) is 4.98 Å². The van der Waals surface area contributed by atoms with Crippen LogP contribution in [0.4, 0.5) is 5.69 Å². The van der Waals surface area contributed by atoms with Crippen LogP contribution >= 0.6 is 0 Å². The molecule has 1 aliphatic rings. The quantitative estimate of drug-likeness (QED) is 0.815. The number of pyridine rings is 1. The molecule has 20 heavy (non-hydrogen) atoms. The number of amides is 1. The number of imidazole rings is 1. The van der Waals surface area contributed by atoms with Crippen molar-refractivity contribution in [2.75, 3.05) is 45.3 Å². The van der Waals surface area contributed by atoms with Crippen molar-refractivity contribution in [1.82, 2.24) is 14.3 Å². The fourth-order valence-corrected chi connectivity index (χ4v) is 2.28. The van der Waals surface area contributed by atoms with Crippen molar-refractivity contribution < 1.29 is 9.53 Å². The first-order valence-corrected chi connectivity index (χ1v) is 6.68. The lowest BCUT2D eigenvalue weighted by molar-refractivity contribution is 0.0299. The van der Waals surface area contributed by atoms with Gasteiger partial charge in [0.25, 0.3) is 5.91 Å². The zero-order valence-corrected chi connectivity index (χ0v) is 11.7. The molecule has 0 aromatic carbocycles. The first-order chi connectivity index (χ1) is 9.65. The van der Waals surface area contributed by atoms with Gasteiger partial charge in [-0.15, -0.1) is 0 Å². The number of aromatic nitrogens is 2. The third-order valence-corrected chi connectivity index (χ3v) is 3.47. The van der Waals surface area contributed by atoms with Crippen LogP contribution in [0.3, 0.4) is 0 Å². The Bertz CT molecular complexity index is 629. The molecule has 0 saturated carbocycles. The summed E-state index contributed by atoms with van der Waals surface area (Å²) in [4.78, 5) is 20.6. The second kappa shape index (κ2) is 5.13. The normalized spacial score (nSPS) is 15.6. The van der Waals surface area contributed by atoms with E-state index >= 15 is 0 Å². The Labute approximate surface area is 117 Å². The first-order valence-electron chi connectivity index (χ1n) is 6.68. The topological polar surface area (TPSA) is 50.1 Å². The number of anilines is 1. The molecule has 3 heterocycles. The summed E-state index contributed by atoms with van der Waals surface area (Å²) in [7, 11) is 3.97. The SMILES string of the molecule is CN(C)c1ccc2nc(C(=O)N3CCOCC3)cn2c1. The number of hydrogen-bond acceptors (Lipinski definition) is 4. The highest BCUT2D eigenvalue weighted by molar-refractivity contribution is 5.93. The van der Waals surface area contributed by atoms with Crippen LogP contribution in [0.5, 0.6) is 0 Å². The number of morpholine rings is 1. The van der Waals surface area contributed by atoms with Crippen molar-refractivity contribution in [3.05, 3.63) is 30.2 Å². The van der Waals surface area contributed by atoms with Crippen LogP contribution in [0.2, 0.25) is 0 Å². The van der Waals surface area contributed by atoms with E-state index in [9.17, 15) is 4.79 Å². The molecule has 3 rings (SSSR count). The minimum atomic E-state index is -0.0246. The summed E-state index contributed by atoms with van der Waals surface area (Å²) in [5.74, 6) is -0.0246. The van der Waals surface area contributed by atoms with Crippen molar-refractivity contribution in [1.29, 1.82) is 0 Å². The summed E-state index contributed by atoms with van der Waals surface area (Å²) in [5, 5.41) is 0. The number of rotatable bonds is 2. The van der Waals surface area contributed by atoms with E-state index in [0.717, 1.165) is 11.3 Å². The zero-order valence-electron chi connectivity index (χ0n) is 11.7. The second-order valence-electron chi connectivity index (χ2n) is 5.08. The van der Waals surface area contributed by atoms with E-state index in [1.54, 1.807) is 11.1 Å². The average Bonchev–Trinajstić information content (AvgIpc) is 2.90. The predicted molar refractivity (Wildman–Crippen MR) is 76.2 cm³/mol. The van der Waals surface area contributed by atoms with Gasteiger partial charge in [-0.1, -0.05) is 0 Å². The van der Waals surface area contributed by atoms with E-state index in [1.165, 1.54) is 0 Å². The molecule has 0 unspecified atom stereocenters. The first kappa shape index (κ1) is 12.9. The number of carbonyl (C=O) groups excluding carboxylic acids is 1. The number of hydrogen-bond donors (Lipinski definition) is 0. The van der Waals surface area contributed by atoms with E-state index in [4.69, 9.17) is 4.74 Å². The van der Waals surface area contributed by atoms with E-state index < -0.39 is 0 Å². The van der Waals surface area contributed by atoms with Gasteiger partial charge in [0.05, 0.1) is 18.9 Å². The smallest absolute Gasteiger partial charge is 0.274 e. The molecule has 6 heteroatoms. The van der Waals surface area contributed by atoms with Gasteiger partial charge in [-0.05, 0) is 12.1 Å². The molecule has 2 aromatic rings. The summed E-state index contributed by atoms with van der Waals surface area (Å²) in [6.45, 7) is 2.47. The number of fused-ring (bicyclic) bond motifs is 1. The highest BCUT2D eigenvalue weighted by Gasteiger charge is 2.20. The fourth-order valence-electron chi connectivity index (χ4n) is 2.28. The Morgan fingerprint density at radius 1 is 1.25 bits per heavy atom. The molecule has 0 aliphatic carbocycles. The minimum Gasteiger partial charge on any atom is -0.378 e. The molecule has 0 bridgehead atoms. The van der Waals surface area contributed by atoms with Gasteiger partial charge < -0.3 is 18.9 Å². The van der Waals surface area contributed by atoms with Gasteiger partial charge in [0, 0.05) is 39.6 Å². The van der Waals surface area contributed by atoms with Crippen molar-refractivity contribution in [3.63, 3.8) is 0 Å². The Morgan fingerprint density at radius 3 is 2.70 bits per heavy atom. The molecule has 1 amide bonds. The van der Waals surface area contributed by atoms with Crippen molar-refractivity contribution in [3.8, 4) is 0 Å². The van der Waals surface area contributed by atoms with Crippen molar-refractivity contribution >= 4 is 17.2 Å². The number of carbonyl (C=O) groups is 1. The van der Waals surface area contributed by atoms with Crippen LogP contribution in [0.25, 0.3) is 5.65 Å². The fraction of sp³-hybridized carbons (Fsp3) is 0.429. The highest BCUT2D eigenvalue weighted by Crippen LogP contribution is 2.15. The molecule has 0 radical (unpaired) electrons. The van der Waals surface area contributed by atoms with Gasteiger partial charge in [0.2, 0.25) is 0 Å². The summed E-state index contributed by atoms with van der Waals surface area (Å²) < 4.78 is 7.15. The van der Waals surface area contributed by atoms with E-state index in [0.29, 0.717) is 32.0 Å². The van der Waals surface area contributed by atoms with Crippen LogP contribution in [0, 0.1) is 0 Å². The van der Waals surface area contributed by atoms with E-state index in [1.807, 2.05) is 41.7 Å². The molecule has 6 nitrogen and oxygen atoms in total. The second-order valence-corrected chi connectivity index (χ2v) is 5.08. The monoisotopic (exact) mass is 274 g/mol. The largest absolute Gasteiger partial charge is 0.378 e. The molecule has 0 atom stereocenters. The van der Waals surface area contributed by atoms with Crippen LogP contribution in [0.15, 0.2) is 24.5 Å². The summed E-state index contributed by atoms with van der Waals surface area (Å²) in [5.41, 5.74) is 2.34. The molecule has 1 saturated heterocycles. The van der Waals surface area contributed by atoms with Crippen LogP contribution in [0.1, 0.15) is 10.5 Å². The Hall–Kier alpha value is -2.08. The van der Waals surface area contributed by atoms with Gasteiger partial charge >= 0.3 is 0 Å². The molecule has 106 valence electrons. The van der Waals surface area contributed by atoms with Crippen molar-refractivity contribution in [2.45, 2.75) is 0 Å². The summed E-state index contributed by atoms with van der Waals surface area (Å²) in [6, 6.07) is 3.91. The lowest BCUT2D eigenvalue weighted by Gasteiger charge is -2.25. The molecule has 0 spiro atoms. The van der Waals surface area contributed by atoms with Gasteiger partial charge in [-0.25, -0.2) is 4.98 Å². The van der Waals surface area contributed by atoms with Gasteiger partial charge in [-0.3, -0.25) is 4.79 Å². The van der Waals surface area contributed by atoms with E-state index in [-0.39, 0.29) is 5.91 Å². The average molecular weight is 274 g/mol. The van der Waals surface area contributed by atoms with Crippen LogP contribution < -0.4 is 4.90 Å². The Balaban J connectivity index is 1.90. The standard InChI is InChI=1S/C14H18N4O2/c1-16(2)11-3-4-13-15-12(10-18(13)9-11)14(19)17-5-7-20-8-6-17/h3-4,9-10H,5-8H2,1-2H3. The maximum absolute atomic E-state index is 12.4. The summed E-state index contributed by atoms with van der Waals surface area (Å²) in [6.07, 6.45) is 3.76. The van der Waals surface area contributed by atoms with Crippen molar-refractivity contribution in [2.24, 2.45) is 0 Å². The lowest BCUT2D eigenvalue weighted by atomic mass is 10.3. The van der Waals surface area contributed by atoms with Gasteiger partial charge in [0.15, 0.2) is 0 Å². The number of nitrogens with zero attached hydrogens (tertiary/aromatic N) is 4. The third kappa shape index (κ3) is 2.34. The Morgan fingerprint density at radius 2 is 2.00 bits per heavy atom. The predicted octanol–water partition coefficient (Wildman–Crippen LogP) is 0.873.